The molecule has 2 aromatic heterocycles. The van der Waals surface area contributed by atoms with Gasteiger partial charge in [0.1, 0.15) is 4.83 Å². The van der Waals surface area contributed by atoms with Crippen LogP contribution in [0.15, 0.2) is 18.3 Å². The van der Waals surface area contributed by atoms with Crippen molar-refractivity contribution in [3.63, 3.8) is 0 Å². The molecule has 0 spiro atoms. The van der Waals surface area contributed by atoms with Gasteiger partial charge in [-0.3, -0.25) is 0 Å². The Kier molecular flexibility index (Phi) is 2.83. The van der Waals surface area contributed by atoms with E-state index in [0.29, 0.717) is 0 Å². The summed E-state index contributed by atoms with van der Waals surface area (Å²) < 4.78 is 1.18. The highest BCUT2D eigenvalue weighted by Crippen LogP contribution is 2.29. The van der Waals surface area contributed by atoms with Gasteiger partial charge in [-0.25, -0.2) is 4.98 Å². The molecule has 0 aromatic carbocycles. The SMILES string of the molecule is Cc1sc2ncccc2c1CCI. The second-order valence-corrected chi connectivity index (χ2v) is 5.21. The lowest BCUT2D eigenvalue weighted by Crippen LogP contribution is -1.85. The average Bonchev–Trinajstić information content (AvgIpc) is 2.44. The van der Waals surface area contributed by atoms with Crippen molar-refractivity contribution in [1.82, 2.24) is 4.98 Å². The summed E-state index contributed by atoms with van der Waals surface area (Å²) in [4.78, 5) is 6.96. The van der Waals surface area contributed by atoms with Crippen molar-refractivity contribution in [1.29, 1.82) is 0 Å². The predicted molar refractivity (Wildman–Crippen MR) is 66.9 cm³/mol. The molecular weight excluding hydrogens is 293 g/mol. The lowest BCUT2D eigenvalue weighted by atomic mass is 10.1. The van der Waals surface area contributed by atoms with Gasteiger partial charge in [0.25, 0.3) is 0 Å². The molecule has 0 amide bonds. The molecule has 2 aromatic rings. The number of nitrogens with zero attached hydrogens (tertiary/aromatic N) is 1. The average molecular weight is 303 g/mol. The molecule has 13 heavy (non-hydrogen) atoms. The third-order valence-electron chi connectivity index (χ3n) is 2.12. The molecule has 0 atom stereocenters. The van der Waals surface area contributed by atoms with Crippen molar-refractivity contribution in [2.75, 3.05) is 4.43 Å². The summed E-state index contributed by atoms with van der Waals surface area (Å²) in [5.41, 5.74) is 1.49. The van der Waals surface area contributed by atoms with Gasteiger partial charge in [0, 0.05) is 20.9 Å². The summed E-state index contributed by atoms with van der Waals surface area (Å²) in [6.07, 6.45) is 3.03. The topological polar surface area (TPSA) is 12.9 Å². The van der Waals surface area contributed by atoms with Crippen LogP contribution in [-0.4, -0.2) is 9.41 Å². The standard InChI is InChI=1S/C10H10INS/c1-7-8(4-5-11)9-3-2-6-12-10(9)13-7/h2-3,6H,4-5H2,1H3. The number of thiophene rings is 1. The van der Waals surface area contributed by atoms with Gasteiger partial charge in [-0.05, 0) is 25.0 Å². The van der Waals surface area contributed by atoms with Crippen LogP contribution in [-0.2, 0) is 6.42 Å². The largest absolute Gasteiger partial charge is 0.245 e. The van der Waals surface area contributed by atoms with E-state index in [1.54, 1.807) is 11.3 Å². The van der Waals surface area contributed by atoms with Gasteiger partial charge in [-0.15, -0.1) is 11.3 Å². The first kappa shape index (κ1) is 9.40. The maximum absolute atomic E-state index is 4.36. The molecule has 3 heteroatoms. The molecule has 0 aliphatic rings. The highest BCUT2D eigenvalue weighted by Gasteiger charge is 2.07. The van der Waals surface area contributed by atoms with E-state index in [1.807, 2.05) is 12.3 Å². The molecule has 0 unspecified atom stereocenters. The van der Waals surface area contributed by atoms with E-state index in [-0.39, 0.29) is 0 Å². The number of hydrogen-bond acceptors (Lipinski definition) is 2. The maximum Gasteiger partial charge on any atom is 0.123 e. The van der Waals surface area contributed by atoms with Crippen molar-refractivity contribution < 1.29 is 0 Å². The summed E-state index contributed by atoms with van der Waals surface area (Å²) in [7, 11) is 0. The molecule has 2 heterocycles. The van der Waals surface area contributed by atoms with Crippen LogP contribution in [0.5, 0.6) is 0 Å². The quantitative estimate of drug-likeness (QED) is 0.610. The molecule has 0 N–H and O–H groups in total. The Morgan fingerprint density at radius 3 is 3.15 bits per heavy atom. The molecule has 0 bridgehead atoms. The van der Waals surface area contributed by atoms with E-state index in [4.69, 9.17) is 0 Å². The minimum Gasteiger partial charge on any atom is -0.245 e. The molecular formula is C10H10INS. The summed E-state index contributed by atoms with van der Waals surface area (Å²) >= 11 is 4.23. The second-order valence-electron chi connectivity index (χ2n) is 2.93. The lowest BCUT2D eigenvalue weighted by molar-refractivity contribution is 1.19. The molecule has 2 rings (SSSR count). The number of rotatable bonds is 2. The number of aryl methyl sites for hydroxylation is 2. The fourth-order valence-corrected chi connectivity index (χ4v) is 3.08. The van der Waals surface area contributed by atoms with Gasteiger partial charge in [0.2, 0.25) is 0 Å². The third-order valence-corrected chi connectivity index (χ3v) is 3.73. The highest BCUT2D eigenvalue weighted by molar-refractivity contribution is 14.1. The van der Waals surface area contributed by atoms with Crippen LogP contribution in [0.3, 0.4) is 0 Å². The first-order valence-corrected chi connectivity index (χ1v) is 6.56. The molecule has 0 aliphatic heterocycles. The first-order valence-electron chi connectivity index (χ1n) is 4.22. The van der Waals surface area contributed by atoms with Crippen molar-refractivity contribution in [2.45, 2.75) is 13.3 Å². The second kappa shape index (κ2) is 3.92. The Morgan fingerprint density at radius 1 is 1.54 bits per heavy atom. The van der Waals surface area contributed by atoms with Gasteiger partial charge < -0.3 is 0 Å². The van der Waals surface area contributed by atoms with Crippen LogP contribution in [0.2, 0.25) is 0 Å². The number of alkyl halides is 1. The van der Waals surface area contributed by atoms with Crippen LogP contribution in [0.1, 0.15) is 10.4 Å². The zero-order valence-corrected chi connectivity index (χ0v) is 10.4. The van der Waals surface area contributed by atoms with Crippen LogP contribution >= 0.6 is 33.9 Å². The predicted octanol–water partition coefficient (Wildman–Crippen LogP) is 3.58. The molecule has 0 fully saturated rings. The molecule has 0 aliphatic carbocycles. The number of fused-ring (bicyclic) bond motifs is 1. The molecule has 1 nitrogen and oxygen atoms in total. The Balaban J connectivity index is 2.64. The summed E-state index contributed by atoms with van der Waals surface area (Å²) in [5, 5.41) is 1.35. The van der Waals surface area contributed by atoms with Gasteiger partial charge in [0.05, 0.1) is 0 Å². The Morgan fingerprint density at radius 2 is 2.38 bits per heavy atom. The van der Waals surface area contributed by atoms with Gasteiger partial charge >= 0.3 is 0 Å². The van der Waals surface area contributed by atoms with Gasteiger partial charge in [0.15, 0.2) is 0 Å². The summed E-state index contributed by atoms with van der Waals surface area (Å²) in [6.45, 7) is 2.19. The fourth-order valence-electron chi connectivity index (χ4n) is 1.50. The van der Waals surface area contributed by atoms with Crippen LogP contribution in [0.4, 0.5) is 0 Å². The number of hydrogen-bond donors (Lipinski definition) is 0. The van der Waals surface area contributed by atoms with Crippen molar-refractivity contribution in [2.24, 2.45) is 0 Å². The maximum atomic E-state index is 4.36. The van der Waals surface area contributed by atoms with Gasteiger partial charge in [-0.1, -0.05) is 28.7 Å². The normalized spacial score (nSPS) is 10.9. The molecule has 0 saturated heterocycles. The smallest absolute Gasteiger partial charge is 0.123 e. The first-order chi connectivity index (χ1) is 6.33. The third kappa shape index (κ3) is 1.72. The van der Waals surface area contributed by atoms with E-state index >= 15 is 0 Å². The zero-order valence-electron chi connectivity index (χ0n) is 7.38. The molecule has 0 saturated carbocycles. The Labute approximate surface area is 95.3 Å². The summed E-state index contributed by atoms with van der Waals surface area (Å²) in [6, 6.07) is 4.19. The molecule has 68 valence electrons. The zero-order chi connectivity index (χ0) is 9.26. The lowest BCUT2D eigenvalue weighted by Gasteiger charge is -1.96. The molecule has 0 radical (unpaired) electrons. The monoisotopic (exact) mass is 303 g/mol. The van der Waals surface area contributed by atoms with Crippen LogP contribution in [0, 0.1) is 6.92 Å². The van der Waals surface area contributed by atoms with Crippen molar-refractivity contribution in [3.05, 3.63) is 28.8 Å². The van der Waals surface area contributed by atoms with E-state index in [9.17, 15) is 0 Å². The van der Waals surface area contributed by atoms with E-state index in [2.05, 4.69) is 40.6 Å². The number of aromatic nitrogens is 1. The van der Waals surface area contributed by atoms with Crippen molar-refractivity contribution >= 4 is 44.1 Å². The highest BCUT2D eigenvalue weighted by atomic mass is 127. The van der Waals surface area contributed by atoms with Crippen LogP contribution < -0.4 is 0 Å². The Bertz CT molecular complexity index is 422. The van der Waals surface area contributed by atoms with Crippen LogP contribution in [0.25, 0.3) is 10.2 Å². The van der Waals surface area contributed by atoms with E-state index in [1.165, 1.54) is 25.1 Å². The summed E-state index contributed by atoms with van der Waals surface area (Å²) in [5.74, 6) is 0. The Hall–Kier alpha value is -0.160. The van der Waals surface area contributed by atoms with Crippen molar-refractivity contribution in [3.8, 4) is 0 Å². The number of pyridine rings is 1. The minimum absolute atomic E-state index is 1.16. The number of halogens is 1. The van der Waals surface area contributed by atoms with E-state index in [0.717, 1.165) is 6.42 Å². The fraction of sp³-hybridized carbons (Fsp3) is 0.300. The van der Waals surface area contributed by atoms with E-state index < -0.39 is 0 Å². The minimum atomic E-state index is 1.16. The van der Waals surface area contributed by atoms with Gasteiger partial charge in [-0.2, -0.15) is 0 Å².